The second kappa shape index (κ2) is 7.66. The first-order chi connectivity index (χ1) is 14.2. The summed E-state index contributed by atoms with van der Waals surface area (Å²) in [6.07, 6.45) is 0. The third kappa shape index (κ3) is 3.35. The van der Waals surface area contributed by atoms with Crippen molar-refractivity contribution in [3.63, 3.8) is 0 Å². The van der Waals surface area contributed by atoms with E-state index in [2.05, 4.69) is 140 Å². The summed E-state index contributed by atoms with van der Waals surface area (Å²) < 4.78 is 4.54. The summed E-state index contributed by atoms with van der Waals surface area (Å²) in [5.41, 5.74) is 5.90. The number of nitrogens with zero attached hydrogens (tertiary/aromatic N) is 1. The molecular formula is C26H17Br2N. The minimum absolute atomic E-state index is 1.08. The Labute approximate surface area is 186 Å². The first kappa shape index (κ1) is 18.4. The van der Waals surface area contributed by atoms with E-state index in [1.807, 2.05) is 0 Å². The molecule has 4 aromatic carbocycles. The van der Waals surface area contributed by atoms with Gasteiger partial charge in [-0.2, -0.15) is 0 Å². The second-order valence-electron chi connectivity index (χ2n) is 6.92. The molecule has 1 heterocycles. The highest BCUT2D eigenvalue weighted by Gasteiger charge is 2.16. The molecule has 1 nitrogen and oxygen atoms in total. The maximum Gasteiger partial charge on any atom is 0.0541 e. The van der Waals surface area contributed by atoms with Crippen molar-refractivity contribution in [2.24, 2.45) is 0 Å². The van der Waals surface area contributed by atoms with E-state index >= 15 is 0 Å². The Morgan fingerprint density at radius 3 is 1.93 bits per heavy atom. The van der Waals surface area contributed by atoms with E-state index in [1.165, 1.54) is 33.3 Å². The summed E-state index contributed by atoms with van der Waals surface area (Å²) >= 11 is 7.25. The van der Waals surface area contributed by atoms with Gasteiger partial charge in [-0.1, -0.05) is 92.5 Å². The number of benzene rings is 4. The minimum atomic E-state index is 1.08. The van der Waals surface area contributed by atoms with E-state index < -0.39 is 0 Å². The highest BCUT2D eigenvalue weighted by atomic mass is 79.9. The molecule has 0 atom stereocenters. The summed E-state index contributed by atoms with van der Waals surface area (Å²) in [6.45, 7) is 0. The Morgan fingerprint density at radius 1 is 0.517 bits per heavy atom. The summed E-state index contributed by atoms with van der Waals surface area (Å²) in [5, 5.41) is 2.45. The van der Waals surface area contributed by atoms with Crippen LogP contribution in [0.2, 0.25) is 0 Å². The number of para-hydroxylation sites is 1. The quantitative estimate of drug-likeness (QED) is 0.233. The lowest BCUT2D eigenvalue weighted by atomic mass is 10.0. The van der Waals surface area contributed by atoms with Gasteiger partial charge in [-0.15, -0.1) is 0 Å². The van der Waals surface area contributed by atoms with Gasteiger partial charge in [0.1, 0.15) is 0 Å². The van der Waals surface area contributed by atoms with Gasteiger partial charge in [-0.3, -0.25) is 0 Å². The van der Waals surface area contributed by atoms with Crippen LogP contribution < -0.4 is 0 Å². The van der Waals surface area contributed by atoms with Crippen molar-refractivity contribution < 1.29 is 0 Å². The molecule has 0 aliphatic rings. The highest BCUT2D eigenvalue weighted by molar-refractivity contribution is 9.11. The average molecular weight is 503 g/mol. The Balaban J connectivity index is 1.81. The first-order valence-electron chi connectivity index (χ1n) is 9.43. The molecule has 0 unspecified atom stereocenters. The Kier molecular flexibility index (Phi) is 4.86. The number of hydrogen-bond donors (Lipinski definition) is 0. The number of fused-ring (bicyclic) bond motifs is 1. The van der Waals surface area contributed by atoms with Crippen LogP contribution in [0.15, 0.2) is 112 Å². The van der Waals surface area contributed by atoms with Gasteiger partial charge >= 0.3 is 0 Å². The van der Waals surface area contributed by atoms with Crippen molar-refractivity contribution in [1.29, 1.82) is 0 Å². The number of aromatic nitrogens is 1. The van der Waals surface area contributed by atoms with Gasteiger partial charge in [0, 0.05) is 20.2 Å². The molecule has 0 fully saturated rings. The fourth-order valence-electron chi connectivity index (χ4n) is 3.83. The monoisotopic (exact) mass is 501 g/mol. The number of halogens is 2. The van der Waals surface area contributed by atoms with Crippen molar-refractivity contribution in [2.45, 2.75) is 0 Å². The number of hydrogen-bond acceptors (Lipinski definition) is 0. The SMILES string of the molecule is Brc1ccc(-c2ccc(-c3ccc(Br)c4ccccc34)n2-c2ccccc2)cc1. The van der Waals surface area contributed by atoms with Gasteiger partial charge < -0.3 is 4.57 Å². The Hall–Kier alpha value is -2.62. The topological polar surface area (TPSA) is 4.93 Å². The molecule has 5 aromatic rings. The van der Waals surface area contributed by atoms with Gasteiger partial charge in [-0.25, -0.2) is 0 Å². The lowest BCUT2D eigenvalue weighted by Gasteiger charge is -2.16. The van der Waals surface area contributed by atoms with Crippen molar-refractivity contribution in [3.05, 3.63) is 112 Å². The molecule has 0 N–H and O–H groups in total. The molecule has 0 bridgehead atoms. The van der Waals surface area contributed by atoms with Crippen LogP contribution in [0.3, 0.4) is 0 Å². The van der Waals surface area contributed by atoms with Gasteiger partial charge in [0.05, 0.1) is 11.4 Å². The molecular weight excluding hydrogens is 486 g/mol. The molecule has 5 rings (SSSR count). The van der Waals surface area contributed by atoms with Crippen molar-refractivity contribution in [1.82, 2.24) is 4.57 Å². The zero-order valence-electron chi connectivity index (χ0n) is 15.5. The van der Waals surface area contributed by atoms with Crippen LogP contribution >= 0.6 is 31.9 Å². The fraction of sp³-hybridized carbons (Fsp3) is 0. The standard InChI is InChI=1S/C26H17Br2N/c27-19-12-10-18(11-13-19)25-16-17-26(29(25)20-6-2-1-3-7-20)23-14-15-24(28)22-9-5-4-8-21(22)23/h1-17H. The van der Waals surface area contributed by atoms with Gasteiger partial charge in [0.2, 0.25) is 0 Å². The summed E-state index contributed by atoms with van der Waals surface area (Å²) in [6, 6.07) is 36.3. The lowest BCUT2D eigenvalue weighted by Crippen LogP contribution is -1.99. The summed E-state index contributed by atoms with van der Waals surface area (Å²) in [7, 11) is 0. The van der Waals surface area contributed by atoms with E-state index in [9.17, 15) is 0 Å². The highest BCUT2D eigenvalue weighted by Crippen LogP contribution is 2.38. The van der Waals surface area contributed by atoms with E-state index in [1.54, 1.807) is 0 Å². The van der Waals surface area contributed by atoms with Crippen LogP contribution in [0.25, 0.3) is 39.0 Å². The van der Waals surface area contributed by atoms with Crippen LogP contribution in [-0.2, 0) is 0 Å². The molecule has 0 saturated heterocycles. The van der Waals surface area contributed by atoms with Crippen molar-refractivity contribution in [3.8, 4) is 28.2 Å². The zero-order valence-corrected chi connectivity index (χ0v) is 18.7. The Morgan fingerprint density at radius 2 is 1.17 bits per heavy atom. The molecule has 3 heteroatoms. The van der Waals surface area contributed by atoms with Crippen LogP contribution in [-0.4, -0.2) is 4.57 Å². The fourth-order valence-corrected chi connectivity index (χ4v) is 4.58. The molecule has 0 aliphatic carbocycles. The summed E-state index contributed by atoms with van der Waals surface area (Å²) in [4.78, 5) is 0. The van der Waals surface area contributed by atoms with Gasteiger partial charge in [0.25, 0.3) is 0 Å². The average Bonchev–Trinajstić information content (AvgIpc) is 3.20. The largest absolute Gasteiger partial charge is 0.309 e. The normalized spacial score (nSPS) is 11.1. The van der Waals surface area contributed by atoms with Gasteiger partial charge in [0.15, 0.2) is 0 Å². The predicted molar refractivity (Wildman–Crippen MR) is 130 cm³/mol. The van der Waals surface area contributed by atoms with Gasteiger partial charge in [-0.05, 0) is 58.8 Å². The van der Waals surface area contributed by atoms with E-state index in [0.717, 1.165) is 14.6 Å². The lowest BCUT2D eigenvalue weighted by molar-refractivity contribution is 1.10. The molecule has 0 radical (unpaired) electrons. The molecule has 0 aliphatic heterocycles. The molecule has 0 saturated carbocycles. The molecule has 0 spiro atoms. The maximum absolute atomic E-state index is 3.70. The first-order valence-corrected chi connectivity index (χ1v) is 11.0. The van der Waals surface area contributed by atoms with E-state index in [4.69, 9.17) is 0 Å². The maximum atomic E-state index is 3.70. The smallest absolute Gasteiger partial charge is 0.0541 e. The van der Waals surface area contributed by atoms with Crippen LogP contribution in [0.1, 0.15) is 0 Å². The van der Waals surface area contributed by atoms with Crippen LogP contribution in [0, 0.1) is 0 Å². The molecule has 0 amide bonds. The zero-order chi connectivity index (χ0) is 19.8. The third-order valence-electron chi connectivity index (χ3n) is 5.18. The van der Waals surface area contributed by atoms with Crippen molar-refractivity contribution in [2.75, 3.05) is 0 Å². The van der Waals surface area contributed by atoms with E-state index in [0.29, 0.717) is 0 Å². The molecule has 29 heavy (non-hydrogen) atoms. The Bertz CT molecular complexity index is 1300. The van der Waals surface area contributed by atoms with Crippen LogP contribution in [0.4, 0.5) is 0 Å². The molecule has 1 aromatic heterocycles. The molecule has 140 valence electrons. The number of rotatable bonds is 3. The van der Waals surface area contributed by atoms with Crippen LogP contribution in [0.5, 0.6) is 0 Å². The van der Waals surface area contributed by atoms with Crippen molar-refractivity contribution >= 4 is 42.6 Å². The minimum Gasteiger partial charge on any atom is -0.309 e. The second-order valence-corrected chi connectivity index (χ2v) is 8.69. The van der Waals surface area contributed by atoms with E-state index in [-0.39, 0.29) is 0 Å². The summed E-state index contributed by atoms with van der Waals surface area (Å²) in [5.74, 6) is 0. The predicted octanol–water partition coefficient (Wildman–Crippen LogP) is 8.49. The third-order valence-corrected chi connectivity index (χ3v) is 6.40.